The average Bonchev–Trinajstić information content (AvgIpc) is 2.71. The van der Waals surface area contributed by atoms with Crippen LogP contribution in [0.4, 0.5) is 11.5 Å². The summed E-state index contributed by atoms with van der Waals surface area (Å²) in [7, 11) is 4.59. The van der Waals surface area contributed by atoms with Gasteiger partial charge in [0.15, 0.2) is 23.0 Å². The van der Waals surface area contributed by atoms with Crippen LogP contribution in [-0.4, -0.2) is 43.4 Å². The molecule has 0 aliphatic carbocycles. The van der Waals surface area contributed by atoms with E-state index in [2.05, 4.69) is 15.3 Å². The van der Waals surface area contributed by atoms with Crippen molar-refractivity contribution in [3.05, 3.63) is 42.1 Å². The minimum Gasteiger partial charge on any atom is -0.493 e. The first-order valence-corrected chi connectivity index (χ1v) is 9.01. The molecular formula is C21H23N3O5. The zero-order valence-electron chi connectivity index (χ0n) is 17.0. The van der Waals surface area contributed by atoms with E-state index < -0.39 is 5.97 Å². The molecule has 1 heterocycles. The van der Waals surface area contributed by atoms with Crippen molar-refractivity contribution < 1.29 is 23.7 Å². The van der Waals surface area contributed by atoms with Crippen LogP contribution in [0.3, 0.4) is 0 Å². The summed E-state index contributed by atoms with van der Waals surface area (Å²) < 4.78 is 21.5. The highest BCUT2D eigenvalue weighted by atomic mass is 16.5. The van der Waals surface area contributed by atoms with Gasteiger partial charge >= 0.3 is 5.97 Å². The van der Waals surface area contributed by atoms with Crippen molar-refractivity contribution in [1.29, 1.82) is 0 Å². The fourth-order valence-corrected chi connectivity index (χ4v) is 2.79. The molecule has 0 saturated carbocycles. The lowest BCUT2D eigenvalue weighted by atomic mass is 10.2. The fourth-order valence-electron chi connectivity index (χ4n) is 2.79. The van der Waals surface area contributed by atoms with Crippen LogP contribution >= 0.6 is 0 Å². The minimum absolute atomic E-state index is 0.0890. The van der Waals surface area contributed by atoms with Gasteiger partial charge in [-0.2, -0.15) is 0 Å². The third-order valence-corrected chi connectivity index (χ3v) is 4.03. The molecule has 3 rings (SSSR count). The second-order valence-corrected chi connectivity index (χ2v) is 6.40. The highest BCUT2D eigenvalue weighted by Gasteiger charge is 2.21. The van der Waals surface area contributed by atoms with E-state index in [0.29, 0.717) is 34.0 Å². The number of ether oxygens (including phenoxy) is 4. The largest absolute Gasteiger partial charge is 0.493 e. The van der Waals surface area contributed by atoms with Crippen LogP contribution in [0, 0.1) is 0 Å². The number of hydrogen-bond acceptors (Lipinski definition) is 8. The maximum absolute atomic E-state index is 12.6. The Kier molecular flexibility index (Phi) is 6.01. The third kappa shape index (κ3) is 4.31. The first-order chi connectivity index (χ1) is 14.0. The summed E-state index contributed by atoms with van der Waals surface area (Å²) in [5, 5.41) is 3.13. The highest BCUT2D eigenvalue weighted by molar-refractivity contribution is 5.96. The van der Waals surface area contributed by atoms with E-state index >= 15 is 0 Å². The van der Waals surface area contributed by atoms with Crippen molar-refractivity contribution >= 4 is 28.5 Å². The molecule has 2 aromatic carbocycles. The van der Waals surface area contributed by atoms with E-state index in [1.54, 1.807) is 32.0 Å². The molecule has 0 saturated heterocycles. The number of carbonyl (C=O) groups excluding carboxylic acids is 1. The molecule has 8 heteroatoms. The summed E-state index contributed by atoms with van der Waals surface area (Å²) in [6.45, 7) is 3.55. The van der Waals surface area contributed by atoms with Crippen LogP contribution in [0.15, 0.2) is 36.4 Å². The molecule has 8 nitrogen and oxygen atoms in total. The Hall–Kier alpha value is -3.55. The lowest BCUT2D eigenvalue weighted by molar-refractivity contribution is 0.0372. The Labute approximate surface area is 168 Å². The van der Waals surface area contributed by atoms with Crippen molar-refractivity contribution in [1.82, 2.24) is 9.97 Å². The molecular weight excluding hydrogens is 374 g/mol. The number of nitrogens with one attached hydrogen (secondary N) is 1. The molecule has 0 unspecified atom stereocenters. The molecule has 0 aliphatic rings. The number of methoxy groups -OCH3 is 3. The van der Waals surface area contributed by atoms with Crippen LogP contribution in [0.25, 0.3) is 11.0 Å². The topological polar surface area (TPSA) is 91.8 Å². The van der Waals surface area contributed by atoms with Gasteiger partial charge in [-0.05, 0) is 26.0 Å². The molecule has 0 spiro atoms. The standard InChI is InChI=1S/C21H23N3O5/c1-12(2)29-21(25)18-20(24-15-9-7-6-8-14(15)23-18)22-13-10-16(26-3)19(28-5)17(11-13)27-4/h6-12H,1-5H3,(H,22,24). The fraction of sp³-hybridized carbons (Fsp3) is 0.286. The van der Waals surface area contributed by atoms with Crippen LogP contribution in [0.2, 0.25) is 0 Å². The van der Waals surface area contributed by atoms with Crippen molar-refractivity contribution in [3.63, 3.8) is 0 Å². The van der Waals surface area contributed by atoms with E-state index in [4.69, 9.17) is 18.9 Å². The maximum atomic E-state index is 12.6. The Morgan fingerprint density at radius 3 is 2.03 bits per heavy atom. The van der Waals surface area contributed by atoms with Gasteiger partial charge in [-0.1, -0.05) is 12.1 Å². The van der Waals surface area contributed by atoms with Crippen molar-refractivity contribution in [3.8, 4) is 17.2 Å². The van der Waals surface area contributed by atoms with Gasteiger partial charge < -0.3 is 24.3 Å². The number of fused-ring (bicyclic) bond motifs is 1. The van der Waals surface area contributed by atoms with Crippen LogP contribution in [0.1, 0.15) is 24.3 Å². The van der Waals surface area contributed by atoms with Gasteiger partial charge in [-0.15, -0.1) is 0 Å². The third-order valence-electron chi connectivity index (χ3n) is 4.03. The summed E-state index contributed by atoms with van der Waals surface area (Å²) in [5.74, 6) is 1.10. The second-order valence-electron chi connectivity index (χ2n) is 6.40. The van der Waals surface area contributed by atoms with Gasteiger partial charge in [0, 0.05) is 17.8 Å². The van der Waals surface area contributed by atoms with Gasteiger partial charge in [0.2, 0.25) is 5.75 Å². The Morgan fingerprint density at radius 1 is 0.931 bits per heavy atom. The summed E-state index contributed by atoms with van der Waals surface area (Å²) in [5.41, 5.74) is 1.91. The highest BCUT2D eigenvalue weighted by Crippen LogP contribution is 2.40. The molecule has 1 N–H and O–H groups in total. The van der Waals surface area contributed by atoms with E-state index in [-0.39, 0.29) is 17.6 Å². The molecule has 0 radical (unpaired) electrons. The number of nitrogens with zero attached hydrogens (tertiary/aromatic N) is 2. The maximum Gasteiger partial charge on any atom is 0.361 e. The van der Waals surface area contributed by atoms with E-state index in [1.807, 2.05) is 18.2 Å². The van der Waals surface area contributed by atoms with Gasteiger partial charge in [0.1, 0.15) is 0 Å². The number of rotatable bonds is 7. The number of aromatic nitrogens is 2. The smallest absolute Gasteiger partial charge is 0.361 e. The van der Waals surface area contributed by atoms with Gasteiger partial charge in [-0.3, -0.25) is 0 Å². The first kappa shape index (κ1) is 20.2. The molecule has 3 aromatic rings. The predicted molar refractivity (Wildman–Crippen MR) is 109 cm³/mol. The minimum atomic E-state index is -0.562. The molecule has 29 heavy (non-hydrogen) atoms. The molecule has 0 aliphatic heterocycles. The summed E-state index contributed by atoms with van der Waals surface area (Å²) in [4.78, 5) is 21.6. The van der Waals surface area contributed by atoms with Crippen molar-refractivity contribution in [2.75, 3.05) is 26.6 Å². The quantitative estimate of drug-likeness (QED) is 0.599. The number of anilines is 2. The SMILES string of the molecule is COc1cc(Nc2nc3ccccc3nc2C(=O)OC(C)C)cc(OC)c1OC. The summed E-state index contributed by atoms with van der Waals surface area (Å²) >= 11 is 0. The summed E-state index contributed by atoms with van der Waals surface area (Å²) in [6, 6.07) is 10.7. The van der Waals surface area contributed by atoms with Crippen LogP contribution in [-0.2, 0) is 4.74 Å². The zero-order valence-corrected chi connectivity index (χ0v) is 17.0. The number of benzene rings is 2. The van der Waals surface area contributed by atoms with E-state index in [1.165, 1.54) is 21.3 Å². The Balaban J connectivity index is 2.10. The molecule has 0 amide bonds. The normalized spacial score (nSPS) is 10.7. The predicted octanol–water partition coefficient (Wildman–Crippen LogP) is 3.96. The van der Waals surface area contributed by atoms with Crippen molar-refractivity contribution in [2.45, 2.75) is 20.0 Å². The second kappa shape index (κ2) is 8.64. The number of para-hydroxylation sites is 2. The van der Waals surface area contributed by atoms with Gasteiger partial charge in [-0.25, -0.2) is 14.8 Å². The molecule has 152 valence electrons. The molecule has 0 fully saturated rings. The van der Waals surface area contributed by atoms with Gasteiger partial charge in [0.25, 0.3) is 0 Å². The molecule has 0 bridgehead atoms. The Morgan fingerprint density at radius 2 is 1.52 bits per heavy atom. The molecule has 0 atom stereocenters. The van der Waals surface area contributed by atoms with Crippen LogP contribution < -0.4 is 19.5 Å². The van der Waals surface area contributed by atoms with Crippen LogP contribution in [0.5, 0.6) is 17.2 Å². The van der Waals surface area contributed by atoms with Gasteiger partial charge in [0.05, 0.1) is 38.5 Å². The van der Waals surface area contributed by atoms with E-state index in [0.717, 1.165) is 0 Å². The number of esters is 1. The van der Waals surface area contributed by atoms with E-state index in [9.17, 15) is 4.79 Å². The lowest BCUT2D eigenvalue weighted by Crippen LogP contribution is -2.16. The summed E-state index contributed by atoms with van der Waals surface area (Å²) in [6.07, 6.45) is -0.287. The number of hydrogen-bond donors (Lipinski definition) is 1. The zero-order chi connectivity index (χ0) is 21.0. The monoisotopic (exact) mass is 397 g/mol. The van der Waals surface area contributed by atoms with Crippen molar-refractivity contribution in [2.24, 2.45) is 0 Å². The number of carbonyl (C=O) groups is 1. The Bertz CT molecular complexity index is 1010. The average molecular weight is 397 g/mol. The lowest BCUT2D eigenvalue weighted by Gasteiger charge is -2.16. The molecule has 1 aromatic heterocycles. The first-order valence-electron chi connectivity index (χ1n) is 9.01.